The molecule has 0 aliphatic carbocycles. The van der Waals surface area contributed by atoms with Gasteiger partial charge in [0.1, 0.15) is 11.3 Å². The van der Waals surface area contributed by atoms with Gasteiger partial charge in [-0.3, -0.25) is 9.48 Å². The Hall–Kier alpha value is -1.86. The molecule has 0 unspecified atom stereocenters. The Morgan fingerprint density at radius 3 is 2.53 bits per heavy atom. The van der Waals surface area contributed by atoms with E-state index in [0.29, 0.717) is 0 Å². The van der Waals surface area contributed by atoms with E-state index in [1.165, 1.54) is 13.8 Å². The molecule has 0 atom stereocenters. The first kappa shape index (κ1) is 15.2. The topological polar surface area (TPSA) is 61.2 Å². The number of aryl methyl sites for hydroxylation is 1. The normalized spacial score (nSPS) is 11.4. The van der Waals surface area contributed by atoms with Crippen molar-refractivity contribution in [2.45, 2.75) is 33.0 Å². The lowest BCUT2D eigenvalue weighted by Crippen LogP contribution is -2.14. The van der Waals surface area contributed by atoms with Crippen LogP contribution < -0.4 is 0 Å². The molecule has 106 valence electrons. The zero-order chi connectivity index (χ0) is 14.6. The van der Waals surface area contributed by atoms with Crippen LogP contribution in [0, 0.1) is 0 Å². The van der Waals surface area contributed by atoms with Crippen molar-refractivity contribution >= 4 is 11.8 Å². The Kier molecular flexibility index (Phi) is 4.68. The standard InChI is InChI=1S/C11H13F3N2O3/c1-3-19-10(18)8-6-16(5-4-7(2)17)15-9(8)11(12,13)14/h6H,3-5H2,1-2H3. The third-order valence-electron chi connectivity index (χ3n) is 2.22. The van der Waals surface area contributed by atoms with Gasteiger partial charge in [-0.2, -0.15) is 18.3 Å². The van der Waals surface area contributed by atoms with Crippen molar-refractivity contribution in [2.75, 3.05) is 6.61 Å². The molecule has 0 N–H and O–H groups in total. The molecule has 0 aliphatic rings. The van der Waals surface area contributed by atoms with Crippen LogP contribution in [-0.4, -0.2) is 28.1 Å². The monoisotopic (exact) mass is 278 g/mol. The number of aromatic nitrogens is 2. The van der Waals surface area contributed by atoms with E-state index in [9.17, 15) is 22.8 Å². The van der Waals surface area contributed by atoms with Gasteiger partial charge < -0.3 is 4.74 Å². The summed E-state index contributed by atoms with van der Waals surface area (Å²) in [5, 5.41) is 3.30. The van der Waals surface area contributed by atoms with E-state index >= 15 is 0 Å². The fourth-order valence-corrected chi connectivity index (χ4v) is 1.38. The minimum absolute atomic E-state index is 0.0161. The van der Waals surface area contributed by atoms with Crippen molar-refractivity contribution in [3.8, 4) is 0 Å². The highest BCUT2D eigenvalue weighted by Gasteiger charge is 2.39. The van der Waals surface area contributed by atoms with E-state index in [-0.39, 0.29) is 25.4 Å². The molecule has 1 heterocycles. The summed E-state index contributed by atoms with van der Waals surface area (Å²) in [6.07, 6.45) is -3.76. The number of carbonyl (C=O) groups is 2. The summed E-state index contributed by atoms with van der Waals surface area (Å²) < 4.78 is 43.6. The molecule has 0 spiro atoms. The number of nitrogens with zero attached hydrogens (tertiary/aromatic N) is 2. The average molecular weight is 278 g/mol. The van der Waals surface area contributed by atoms with Gasteiger partial charge in [-0.1, -0.05) is 0 Å². The maximum Gasteiger partial charge on any atom is 0.436 e. The van der Waals surface area contributed by atoms with Crippen LogP contribution in [-0.2, 0) is 22.3 Å². The summed E-state index contributed by atoms with van der Waals surface area (Å²) >= 11 is 0. The SMILES string of the molecule is CCOC(=O)c1cn(CCC(C)=O)nc1C(F)(F)F. The van der Waals surface area contributed by atoms with Crippen LogP contribution >= 0.6 is 0 Å². The largest absolute Gasteiger partial charge is 0.462 e. The number of halogens is 3. The van der Waals surface area contributed by atoms with E-state index in [2.05, 4.69) is 9.84 Å². The van der Waals surface area contributed by atoms with Crippen molar-refractivity contribution in [2.24, 2.45) is 0 Å². The third kappa shape index (κ3) is 4.08. The van der Waals surface area contributed by atoms with Gasteiger partial charge in [0, 0.05) is 19.2 Å². The Bertz CT molecular complexity index is 480. The lowest BCUT2D eigenvalue weighted by Gasteiger charge is -2.05. The number of ketones is 1. The zero-order valence-electron chi connectivity index (χ0n) is 10.5. The Morgan fingerprint density at radius 2 is 2.05 bits per heavy atom. The summed E-state index contributed by atoms with van der Waals surface area (Å²) in [7, 11) is 0. The van der Waals surface area contributed by atoms with E-state index in [1.54, 1.807) is 0 Å². The number of alkyl halides is 3. The summed E-state index contributed by atoms with van der Waals surface area (Å²) in [6.45, 7) is 2.76. The summed E-state index contributed by atoms with van der Waals surface area (Å²) in [4.78, 5) is 22.2. The number of esters is 1. The van der Waals surface area contributed by atoms with Gasteiger partial charge in [0.2, 0.25) is 0 Å². The van der Waals surface area contributed by atoms with Crippen molar-refractivity contribution in [1.82, 2.24) is 9.78 Å². The molecule has 0 amide bonds. The van der Waals surface area contributed by atoms with Crippen molar-refractivity contribution < 1.29 is 27.5 Å². The van der Waals surface area contributed by atoms with Gasteiger partial charge in [-0.25, -0.2) is 4.79 Å². The molecule has 0 aliphatic heterocycles. The van der Waals surface area contributed by atoms with E-state index in [4.69, 9.17) is 0 Å². The molecule has 1 aromatic rings. The Morgan fingerprint density at radius 1 is 1.42 bits per heavy atom. The number of hydrogen-bond donors (Lipinski definition) is 0. The number of carbonyl (C=O) groups excluding carboxylic acids is 2. The zero-order valence-corrected chi connectivity index (χ0v) is 10.5. The molecule has 1 aromatic heterocycles. The highest BCUT2D eigenvalue weighted by atomic mass is 19.4. The molecule has 0 radical (unpaired) electrons. The molecule has 0 bridgehead atoms. The molecule has 0 saturated carbocycles. The molecule has 19 heavy (non-hydrogen) atoms. The van der Waals surface area contributed by atoms with Crippen molar-refractivity contribution in [3.05, 3.63) is 17.5 Å². The van der Waals surface area contributed by atoms with Crippen LogP contribution in [0.3, 0.4) is 0 Å². The quantitative estimate of drug-likeness (QED) is 0.773. The number of rotatable bonds is 5. The molecule has 0 fully saturated rings. The van der Waals surface area contributed by atoms with Gasteiger partial charge >= 0.3 is 12.1 Å². The highest BCUT2D eigenvalue weighted by molar-refractivity contribution is 5.90. The lowest BCUT2D eigenvalue weighted by atomic mass is 10.2. The number of Topliss-reactive ketones (excluding diaryl/α,β-unsaturated/α-hetero) is 1. The summed E-state index contributed by atoms with van der Waals surface area (Å²) in [5.41, 5.74) is -1.94. The highest BCUT2D eigenvalue weighted by Crippen LogP contribution is 2.31. The lowest BCUT2D eigenvalue weighted by molar-refractivity contribution is -0.142. The first-order valence-electron chi connectivity index (χ1n) is 5.57. The first-order valence-corrected chi connectivity index (χ1v) is 5.57. The predicted octanol–water partition coefficient (Wildman–Crippen LogP) is 2.06. The second kappa shape index (κ2) is 5.85. The summed E-state index contributed by atoms with van der Waals surface area (Å²) in [6, 6.07) is 0. The predicted molar refractivity (Wildman–Crippen MR) is 58.5 cm³/mol. The average Bonchev–Trinajstić information content (AvgIpc) is 2.70. The smallest absolute Gasteiger partial charge is 0.436 e. The van der Waals surface area contributed by atoms with Gasteiger partial charge in [0.05, 0.1) is 6.61 Å². The first-order chi connectivity index (χ1) is 8.75. The molecule has 5 nitrogen and oxygen atoms in total. The van der Waals surface area contributed by atoms with Crippen LogP contribution in [0.5, 0.6) is 0 Å². The van der Waals surface area contributed by atoms with Crippen LogP contribution in [0.25, 0.3) is 0 Å². The minimum Gasteiger partial charge on any atom is -0.462 e. The summed E-state index contributed by atoms with van der Waals surface area (Å²) in [5.74, 6) is -1.26. The maximum absolute atomic E-state index is 12.7. The van der Waals surface area contributed by atoms with E-state index in [0.717, 1.165) is 10.9 Å². The Balaban J connectivity index is 3.06. The fraction of sp³-hybridized carbons (Fsp3) is 0.545. The van der Waals surface area contributed by atoms with E-state index < -0.39 is 23.4 Å². The van der Waals surface area contributed by atoms with Crippen molar-refractivity contribution in [3.63, 3.8) is 0 Å². The fourth-order valence-electron chi connectivity index (χ4n) is 1.38. The number of ether oxygens (including phenoxy) is 1. The molecule has 8 heteroatoms. The van der Waals surface area contributed by atoms with Crippen LogP contribution in [0.15, 0.2) is 6.20 Å². The van der Waals surface area contributed by atoms with Crippen LogP contribution in [0.2, 0.25) is 0 Å². The molecule has 1 rings (SSSR count). The third-order valence-corrected chi connectivity index (χ3v) is 2.22. The second-order valence-corrected chi connectivity index (χ2v) is 3.82. The second-order valence-electron chi connectivity index (χ2n) is 3.82. The van der Waals surface area contributed by atoms with Gasteiger partial charge in [0.15, 0.2) is 5.69 Å². The molecular weight excluding hydrogens is 265 g/mol. The van der Waals surface area contributed by atoms with Crippen LogP contribution in [0.1, 0.15) is 36.3 Å². The molecular formula is C11H13F3N2O3. The van der Waals surface area contributed by atoms with Crippen LogP contribution in [0.4, 0.5) is 13.2 Å². The Labute approximate surface area is 107 Å². The van der Waals surface area contributed by atoms with Gasteiger partial charge in [0.25, 0.3) is 0 Å². The van der Waals surface area contributed by atoms with Gasteiger partial charge in [-0.05, 0) is 13.8 Å². The minimum atomic E-state index is -4.75. The number of hydrogen-bond acceptors (Lipinski definition) is 4. The molecule has 0 saturated heterocycles. The van der Waals surface area contributed by atoms with Gasteiger partial charge in [-0.15, -0.1) is 0 Å². The van der Waals surface area contributed by atoms with E-state index in [1.807, 2.05) is 0 Å². The maximum atomic E-state index is 12.7. The van der Waals surface area contributed by atoms with Crippen molar-refractivity contribution in [1.29, 1.82) is 0 Å². The molecule has 0 aromatic carbocycles.